The number of halogens is 1. The minimum atomic E-state index is 0. The number of ether oxygens (including phenoxy) is 1. The summed E-state index contributed by atoms with van der Waals surface area (Å²) in [5.74, 6) is 0.926. The molecule has 1 saturated heterocycles. The van der Waals surface area contributed by atoms with Gasteiger partial charge in [0.2, 0.25) is 0 Å². The van der Waals surface area contributed by atoms with E-state index < -0.39 is 0 Å². The maximum Gasteiger partial charge on any atom is 0.260 e. The van der Waals surface area contributed by atoms with Crippen molar-refractivity contribution in [1.29, 1.82) is 0 Å². The van der Waals surface area contributed by atoms with Crippen LogP contribution in [0.2, 0.25) is 0 Å². The van der Waals surface area contributed by atoms with Crippen molar-refractivity contribution < 1.29 is 9.53 Å². The third-order valence-corrected chi connectivity index (χ3v) is 3.89. The monoisotopic (exact) mass is 312 g/mol. The molecule has 0 bridgehead atoms. The molecule has 0 spiro atoms. The standard InChI is InChI=1S/C16H24N2O2.ClH/c1-12-6-4-7-13(2)16(12)20-11-15(19)18-9-5-8-14(18)10-17-3;/h4,6-7,14,17H,5,8-11H2,1-3H3;1H. The van der Waals surface area contributed by atoms with E-state index in [1.165, 1.54) is 0 Å². The number of para-hydroxylation sites is 1. The quantitative estimate of drug-likeness (QED) is 0.907. The van der Waals surface area contributed by atoms with Crippen LogP contribution in [0.3, 0.4) is 0 Å². The number of nitrogens with zero attached hydrogens (tertiary/aromatic N) is 1. The summed E-state index contributed by atoms with van der Waals surface area (Å²) in [5.41, 5.74) is 2.15. The molecule has 1 N–H and O–H groups in total. The fourth-order valence-electron chi connectivity index (χ4n) is 2.86. The summed E-state index contributed by atoms with van der Waals surface area (Å²) in [6.07, 6.45) is 2.16. The van der Waals surface area contributed by atoms with Gasteiger partial charge in [0, 0.05) is 19.1 Å². The Balaban J connectivity index is 0.00000220. The number of likely N-dealkylation sites (N-methyl/N-ethyl adjacent to an activating group) is 1. The number of aryl methyl sites for hydroxylation is 2. The van der Waals surface area contributed by atoms with Gasteiger partial charge >= 0.3 is 0 Å². The first-order valence-electron chi connectivity index (χ1n) is 7.26. The molecule has 1 aromatic rings. The lowest BCUT2D eigenvalue weighted by Crippen LogP contribution is -2.43. The topological polar surface area (TPSA) is 41.6 Å². The molecule has 1 fully saturated rings. The molecule has 0 radical (unpaired) electrons. The number of amides is 1. The Morgan fingerprint density at radius 1 is 1.38 bits per heavy atom. The highest BCUT2D eigenvalue weighted by Gasteiger charge is 2.28. The van der Waals surface area contributed by atoms with Crippen LogP contribution < -0.4 is 10.1 Å². The summed E-state index contributed by atoms with van der Waals surface area (Å²) in [6.45, 7) is 5.85. The first-order valence-corrected chi connectivity index (χ1v) is 7.26. The summed E-state index contributed by atoms with van der Waals surface area (Å²) in [4.78, 5) is 14.2. The molecular weight excluding hydrogens is 288 g/mol. The fraction of sp³-hybridized carbons (Fsp3) is 0.562. The Bertz CT molecular complexity index is 459. The summed E-state index contributed by atoms with van der Waals surface area (Å²) < 4.78 is 5.76. The highest BCUT2D eigenvalue weighted by molar-refractivity contribution is 5.85. The number of hydrogen-bond donors (Lipinski definition) is 1. The number of nitrogens with one attached hydrogen (secondary N) is 1. The van der Waals surface area contributed by atoms with E-state index in [9.17, 15) is 4.79 Å². The van der Waals surface area contributed by atoms with Gasteiger partial charge in [-0.1, -0.05) is 18.2 Å². The lowest BCUT2D eigenvalue weighted by molar-refractivity contribution is -0.134. The second kappa shape index (κ2) is 8.25. The average molecular weight is 313 g/mol. The largest absolute Gasteiger partial charge is 0.483 e. The van der Waals surface area contributed by atoms with Crippen LogP contribution in [0, 0.1) is 13.8 Å². The van der Waals surface area contributed by atoms with Crippen molar-refractivity contribution >= 4 is 18.3 Å². The van der Waals surface area contributed by atoms with E-state index >= 15 is 0 Å². The van der Waals surface area contributed by atoms with E-state index in [-0.39, 0.29) is 24.9 Å². The highest BCUT2D eigenvalue weighted by atomic mass is 35.5. The molecule has 1 aromatic carbocycles. The van der Waals surface area contributed by atoms with Gasteiger partial charge in [-0.25, -0.2) is 0 Å². The third-order valence-electron chi connectivity index (χ3n) is 3.89. The van der Waals surface area contributed by atoms with E-state index in [0.717, 1.165) is 42.8 Å². The lowest BCUT2D eigenvalue weighted by atomic mass is 10.1. The maximum atomic E-state index is 12.3. The van der Waals surface area contributed by atoms with E-state index in [0.29, 0.717) is 6.04 Å². The number of carbonyl (C=O) groups excluding carboxylic acids is 1. The maximum absolute atomic E-state index is 12.3. The van der Waals surface area contributed by atoms with Crippen molar-refractivity contribution in [2.24, 2.45) is 0 Å². The van der Waals surface area contributed by atoms with Crippen molar-refractivity contribution in [1.82, 2.24) is 10.2 Å². The molecule has 0 aliphatic carbocycles. The van der Waals surface area contributed by atoms with Gasteiger partial charge in [0.05, 0.1) is 0 Å². The molecule has 1 unspecified atom stereocenters. The van der Waals surface area contributed by atoms with E-state index in [1.807, 2.05) is 44.0 Å². The molecule has 118 valence electrons. The van der Waals surface area contributed by atoms with Gasteiger partial charge < -0.3 is 15.0 Å². The number of benzene rings is 1. The van der Waals surface area contributed by atoms with Crippen LogP contribution in [-0.2, 0) is 4.79 Å². The van der Waals surface area contributed by atoms with E-state index in [2.05, 4.69) is 5.32 Å². The molecule has 0 saturated carbocycles. The number of carbonyl (C=O) groups is 1. The van der Waals surface area contributed by atoms with Crippen molar-refractivity contribution in [3.05, 3.63) is 29.3 Å². The molecule has 0 aromatic heterocycles. The molecule has 1 heterocycles. The Hall–Kier alpha value is -1.26. The lowest BCUT2D eigenvalue weighted by Gasteiger charge is -2.24. The van der Waals surface area contributed by atoms with Gasteiger partial charge in [0.1, 0.15) is 5.75 Å². The molecule has 2 rings (SSSR count). The third kappa shape index (κ3) is 4.35. The Morgan fingerprint density at radius 3 is 2.67 bits per heavy atom. The van der Waals surface area contributed by atoms with Crippen LogP contribution in [0.15, 0.2) is 18.2 Å². The molecule has 1 aliphatic heterocycles. The normalized spacial score (nSPS) is 17.5. The van der Waals surface area contributed by atoms with Crippen LogP contribution in [-0.4, -0.2) is 43.6 Å². The van der Waals surface area contributed by atoms with Crippen molar-refractivity contribution in [2.75, 3.05) is 26.7 Å². The number of rotatable bonds is 5. The zero-order valence-electron chi connectivity index (χ0n) is 13.0. The van der Waals surface area contributed by atoms with Gasteiger partial charge in [0.15, 0.2) is 6.61 Å². The molecule has 1 aliphatic rings. The second-order valence-corrected chi connectivity index (χ2v) is 5.45. The predicted octanol–water partition coefficient (Wildman–Crippen LogP) is 2.31. The molecule has 1 amide bonds. The van der Waals surface area contributed by atoms with Crippen molar-refractivity contribution in [3.8, 4) is 5.75 Å². The Kier molecular flexibility index (Phi) is 6.99. The van der Waals surface area contributed by atoms with Crippen LogP contribution in [0.25, 0.3) is 0 Å². The zero-order chi connectivity index (χ0) is 14.5. The van der Waals surface area contributed by atoms with Gasteiger partial charge in [-0.05, 0) is 44.9 Å². The number of hydrogen-bond acceptors (Lipinski definition) is 3. The smallest absolute Gasteiger partial charge is 0.260 e. The van der Waals surface area contributed by atoms with E-state index in [4.69, 9.17) is 4.74 Å². The van der Waals surface area contributed by atoms with Crippen LogP contribution in [0.4, 0.5) is 0 Å². The minimum absolute atomic E-state index is 0. The summed E-state index contributed by atoms with van der Waals surface area (Å²) in [6, 6.07) is 6.33. The van der Waals surface area contributed by atoms with Gasteiger partial charge in [0.25, 0.3) is 5.91 Å². The van der Waals surface area contributed by atoms with Gasteiger partial charge in [-0.2, -0.15) is 0 Å². The first-order chi connectivity index (χ1) is 9.63. The molecule has 4 nitrogen and oxygen atoms in total. The first kappa shape index (κ1) is 17.8. The van der Waals surface area contributed by atoms with Crippen molar-refractivity contribution in [2.45, 2.75) is 32.7 Å². The van der Waals surface area contributed by atoms with Crippen LogP contribution >= 0.6 is 12.4 Å². The summed E-state index contributed by atoms with van der Waals surface area (Å²) in [5, 5.41) is 3.15. The van der Waals surface area contributed by atoms with Crippen LogP contribution in [0.1, 0.15) is 24.0 Å². The fourth-order valence-corrected chi connectivity index (χ4v) is 2.86. The van der Waals surface area contributed by atoms with Gasteiger partial charge in [-0.15, -0.1) is 12.4 Å². The zero-order valence-corrected chi connectivity index (χ0v) is 13.8. The number of likely N-dealkylation sites (tertiary alicyclic amines) is 1. The second-order valence-electron chi connectivity index (χ2n) is 5.45. The Morgan fingerprint density at radius 2 is 2.05 bits per heavy atom. The van der Waals surface area contributed by atoms with Crippen molar-refractivity contribution in [3.63, 3.8) is 0 Å². The molecule has 5 heteroatoms. The Labute approximate surface area is 133 Å². The highest BCUT2D eigenvalue weighted by Crippen LogP contribution is 2.23. The van der Waals surface area contributed by atoms with Gasteiger partial charge in [-0.3, -0.25) is 4.79 Å². The molecule has 21 heavy (non-hydrogen) atoms. The minimum Gasteiger partial charge on any atom is -0.483 e. The van der Waals surface area contributed by atoms with E-state index in [1.54, 1.807) is 0 Å². The summed E-state index contributed by atoms with van der Waals surface area (Å²) >= 11 is 0. The predicted molar refractivity (Wildman–Crippen MR) is 87.3 cm³/mol. The SMILES string of the molecule is CNCC1CCCN1C(=O)COc1c(C)cccc1C.Cl. The molecular formula is C16H25ClN2O2. The summed E-state index contributed by atoms with van der Waals surface area (Å²) in [7, 11) is 1.92. The van der Waals surface area contributed by atoms with Crippen LogP contribution in [0.5, 0.6) is 5.75 Å². The average Bonchev–Trinajstić information content (AvgIpc) is 2.87. The molecule has 1 atom stereocenters.